The molecule has 0 spiro atoms. The highest BCUT2D eigenvalue weighted by Crippen LogP contribution is 2.27. The summed E-state index contributed by atoms with van der Waals surface area (Å²) in [5.41, 5.74) is 1.32. The first-order valence-electron chi connectivity index (χ1n) is 7.16. The number of imidazole rings is 1. The SMILES string of the molecule is CN(CC(=O)OCc1cn2ccccc2n1)S(=O)(=O)c1ccc(Cl)s1. The van der Waals surface area contributed by atoms with Gasteiger partial charge in [0.25, 0.3) is 10.0 Å². The first-order chi connectivity index (χ1) is 11.9. The van der Waals surface area contributed by atoms with E-state index < -0.39 is 22.5 Å². The standard InChI is InChI=1S/C15H14ClN3O4S2/c1-18(25(21,22)15-6-5-12(16)24-15)9-14(20)23-10-11-8-19-7-3-2-4-13(19)17-11/h2-8H,9-10H2,1H3. The van der Waals surface area contributed by atoms with Gasteiger partial charge in [0.2, 0.25) is 0 Å². The first-order valence-corrected chi connectivity index (χ1v) is 9.79. The van der Waals surface area contributed by atoms with Crippen molar-refractivity contribution in [1.29, 1.82) is 0 Å². The fourth-order valence-electron chi connectivity index (χ4n) is 2.11. The summed E-state index contributed by atoms with van der Waals surface area (Å²) in [6.45, 7) is -0.426. The minimum atomic E-state index is -3.77. The lowest BCUT2D eigenvalue weighted by Crippen LogP contribution is -2.32. The molecule has 0 amide bonds. The number of hydrogen-bond donors (Lipinski definition) is 0. The van der Waals surface area contributed by atoms with Crippen LogP contribution in [0.25, 0.3) is 5.65 Å². The van der Waals surface area contributed by atoms with Crippen LogP contribution in [0.5, 0.6) is 0 Å². The number of likely N-dealkylation sites (N-methyl/N-ethyl adjacent to an activating group) is 1. The predicted molar refractivity (Wildman–Crippen MR) is 94.1 cm³/mol. The van der Waals surface area contributed by atoms with Gasteiger partial charge in [0.15, 0.2) is 0 Å². The molecule has 10 heteroatoms. The molecule has 0 saturated carbocycles. The fraction of sp³-hybridized carbons (Fsp3) is 0.200. The number of thiophene rings is 1. The number of nitrogens with zero attached hydrogens (tertiary/aromatic N) is 3. The van der Waals surface area contributed by atoms with Gasteiger partial charge in [-0.1, -0.05) is 17.7 Å². The maximum Gasteiger partial charge on any atom is 0.321 e. The number of rotatable bonds is 6. The minimum absolute atomic E-state index is 0.0285. The fourth-order valence-corrected chi connectivity index (χ4v) is 4.92. The second kappa shape index (κ2) is 7.12. The smallest absolute Gasteiger partial charge is 0.321 e. The van der Waals surface area contributed by atoms with Crippen molar-refractivity contribution >= 4 is 44.6 Å². The van der Waals surface area contributed by atoms with E-state index >= 15 is 0 Å². The summed E-state index contributed by atoms with van der Waals surface area (Å²) in [4.78, 5) is 16.2. The summed E-state index contributed by atoms with van der Waals surface area (Å²) in [5.74, 6) is -0.661. The Bertz CT molecular complexity index is 980. The van der Waals surface area contributed by atoms with Gasteiger partial charge in [0, 0.05) is 19.4 Å². The molecule has 3 rings (SSSR count). The van der Waals surface area contributed by atoms with Crippen molar-refractivity contribution in [3.05, 3.63) is 52.8 Å². The van der Waals surface area contributed by atoms with Crippen LogP contribution in [0.1, 0.15) is 5.69 Å². The van der Waals surface area contributed by atoms with Crippen LogP contribution in [0.15, 0.2) is 46.9 Å². The van der Waals surface area contributed by atoms with Crippen molar-refractivity contribution in [3.8, 4) is 0 Å². The van der Waals surface area contributed by atoms with Gasteiger partial charge in [-0.2, -0.15) is 4.31 Å². The molecule has 25 heavy (non-hydrogen) atoms. The topological polar surface area (TPSA) is 81.0 Å². The Labute approximate surface area is 153 Å². The number of ether oxygens (including phenoxy) is 1. The second-order valence-corrected chi connectivity index (χ2v) is 9.17. The molecule has 0 saturated heterocycles. The Morgan fingerprint density at radius 2 is 2.16 bits per heavy atom. The molecule has 3 aromatic rings. The molecule has 3 aromatic heterocycles. The van der Waals surface area contributed by atoms with Crippen molar-refractivity contribution in [3.63, 3.8) is 0 Å². The average molecular weight is 400 g/mol. The number of aromatic nitrogens is 2. The van der Waals surface area contributed by atoms with Gasteiger partial charge in [-0.3, -0.25) is 4.79 Å². The maximum absolute atomic E-state index is 12.3. The third kappa shape index (κ3) is 4.01. The van der Waals surface area contributed by atoms with Crippen molar-refractivity contribution in [2.24, 2.45) is 0 Å². The first kappa shape index (κ1) is 17.9. The van der Waals surface area contributed by atoms with E-state index in [9.17, 15) is 13.2 Å². The van der Waals surface area contributed by atoms with Crippen molar-refractivity contribution in [2.45, 2.75) is 10.8 Å². The van der Waals surface area contributed by atoms with E-state index in [4.69, 9.17) is 16.3 Å². The molecule has 0 radical (unpaired) electrons. The molecule has 0 fully saturated rings. The highest BCUT2D eigenvalue weighted by molar-refractivity contribution is 7.91. The lowest BCUT2D eigenvalue weighted by molar-refractivity contribution is -0.145. The maximum atomic E-state index is 12.3. The van der Waals surface area contributed by atoms with Crippen LogP contribution in [0, 0.1) is 0 Å². The van der Waals surface area contributed by atoms with Crippen LogP contribution in [-0.2, 0) is 26.2 Å². The lowest BCUT2D eigenvalue weighted by atomic mass is 10.5. The van der Waals surface area contributed by atoms with Gasteiger partial charge in [0.05, 0.1) is 10.0 Å². The number of carbonyl (C=O) groups excluding carboxylic acids is 1. The van der Waals surface area contributed by atoms with Crippen molar-refractivity contribution < 1.29 is 17.9 Å². The lowest BCUT2D eigenvalue weighted by Gasteiger charge is -2.14. The number of halogens is 1. The number of esters is 1. The Morgan fingerprint density at radius 1 is 1.36 bits per heavy atom. The van der Waals surface area contributed by atoms with E-state index in [1.807, 2.05) is 24.4 Å². The van der Waals surface area contributed by atoms with E-state index in [-0.39, 0.29) is 10.8 Å². The summed E-state index contributed by atoms with van der Waals surface area (Å²) < 4.78 is 33.0. The van der Waals surface area contributed by atoms with Gasteiger partial charge in [-0.15, -0.1) is 11.3 Å². The highest BCUT2D eigenvalue weighted by Gasteiger charge is 2.25. The van der Waals surface area contributed by atoms with Crippen LogP contribution in [0.4, 0.5) is 0 Å². The average Bonchev–Trinajstić information content (AvgIpc) is 3.18. The largest absolute Gasteiger partial charge is 0.458 e. The number of carbonyl (C=O) groups is 1. The molecule has 0 N–H and O–H groups in total. The number of fused-ring (bicyclic) bond motifs is 1. The summed E-state index contributed by atoms with van der Waals surface area (Å²) in [6, 6.07) is 8.45. The number of hydrogen-bond acceptors (Lipinski definition) is 6. The molecule has 0 aliphatic rings. The molecule has 7 nitrogen and oxygen atoms in total. The van der Waals surface area contributed by atoms with E-state index in [1.165, 1.54) is 19.2 Å². The van der Waals surface area contributed by atoms with Crippen LogP contribution < -0.4 is 0 Å². The monoisotopic (exact) mass is 399 g/mol. The van der Waals surface area contributed by atoms with E-state index in [1.54, 1.807) is 10.6 Å². The van der Waals surface area contributed by atoms with Crippen LogP contribution in [0.2, 0.25) is 4.34 Å². The molecule has 0 unspecified atom stereocenters. The summed E-state index contributed by atoms with van der Waals surface area (Å²) >= 11 is 6.70. The van der Waals surface area contributed by atoms with E-state index in [0.29, 0.717) is 10.0 Å². The molecule has 0 aliphatic heterocycles. The van der Waals surface area contributed by atoms with Gasteiger partial charge < -0.3 is 9.14 Å². The van der Waals surface area contributed by atoms with Gasteiger partial charge in [0.1, 0.15) is 23.0 Å². The van der Waals surface area contributed by atoms with Crippen LogP contribution >= 0.6 is 22.9 Å². The zero-order valence-electron chi connectivity index (χ0n) is 13.1. The summed E-state index contributed by atoms with van der Waals surface area (Å²) in [6.07, 6.45) is 3.58. The Hall–Kier alpha value is -1.94. The molecule has 0 atom stereocenters. The Balaban J connectivity index is 1.60. The van der Waals surface area contributed by atoms with Gasteiger partial charge in [-0.25, -0.2) is 13.4 Å². The quantitative estimate of drug-likeness (QED) is 0.594. The molecule has 0 bridgehead atoms. The second-order valence-electron chi connectivity index (χ2n) is 5.18. The van der Waals surface area contributed by atoms with Gasteiger partial charge in [-0.05, 0) is 24.3 Å². The van der Waals surface area contributed by atoms with E-state index in [0.717, 1.165) is 21.3 Å². The molecule has 0 aliphatic carbocycles. The van der Waals surface area contributed by atoms with E-state index in [2.05, 4.69) is 4.98 Å². The molecule has 132 valence electrons. The summed E-state index contributed by atoms with van der Waals surface area (Å²) in [7, 11) is -2.46. The number of pyridine rings is 1. The third-order valence-corrected chi connectivity index (χ3v) is 6.86. The predicted octanol–water partition coefficient (Wildman–Crippen LogP) is 2.41. The molecular weight excluding hydrogens is 386 g/mol. The van der Waals surface area contributed by atoms with Crippen LogP contribution in [0.3, 0.4) is 0 Å². The van der Waals surface area contributed by atoms with Crippen LogP contribution in [-0.4, -0.2) is 41.7 Å². The van der Waals surface area contributed by atoms with Crippen molar-refractivity contribution in [1.82, 2.24) is 13.7 Å². The highest BCUT2D eigenvalue weighted by atomic mass is 35.5. The zero-order chi connectivity index (χ0) is 18.0. The van der Waals surface area contributed by atoms with Gasteiger partial charge >= 0.3 is 5.97 Å². The Morgan fingerprint density at radius 3 is 2.84 bits per heavy atom. The third-order valence-electron chi connectivity index (χ3n) is 3.36. The number of sulfonamides is 1. The molecule has 3 heterocycles. The zero-order valence-corrected chi connectivity index (χ0v) is 15.5. The molecular formula is C15H14ClN3O4S2. The minimum Gasteiger partial charge on any atom is -0.458 e. The normalized spacial score (nSPS) is 12.0. The summed E-state index contributed by atoms with van der Waals surface area (Å²) in [5, 5.41) is 0. The van der Waals surface area contributed by atoms with Crippen molar-refractivity contribution in [2.75, 3.05) is 13.6 Å². The Kier molecular flexibility index (Phi) is 5.09. The molecule has 0 aromatic carbocycles.